The molecular weight excluding hydrogens is 256 g/mol. The maximum absolute atomic E-state index is 10.9. The number of hydrogen-bond donors (Lipinski definition) is 4. The van der Waals surface area contributed by atoms with Crippen LogP contribution >= 0.6 is 0 Å². The number of nitrogens with one attached hydrogen (secondary N) is 1. The lowest BCUT2D eigenvalue weighted by Gasteiger charge is -2.21. The van der Waals surface area contributed by atoms with E-state index in [4.69, 9.17) is 15.3 Å². The second kappa shape index (κ2) is 6.34. The summed E-state index contributed by atoms with van der Waals surface area (Å²) >= 11 is 0. The molecule has 102 valence electrons. The summed E-state index contributed by atoms with van der Waals surface area (Å²) in [7, 11) is 0. The third-order valence-electron chi connectivity index (χ3n) is 2.25. The van der Waals surface area contributed by atoms with Gasteiger partial charge in [0.05, 0.1) is 0 Å². The lowest BCUT2D eigenvalue weighted by molar-refractivity contribution is -0.139. The minimum absolute atomic E-state index is 0.0885. The van der Waals surface area contributed by atoms with Crippen LogP contribution in [0.1, 0.15) is 6.42 Å². The van der Waals surface area contributed by atoms with Gasteiger partial charge in [0.2, 0.25) is 0 Å². The van der Waals surface area contributed by atoms with Gasteiger partial charge in [-0.25, -0.2) is 9.59 Å². The van der Waals surface area contributed by atoms with Crippen LogP contribution in [0, 0.1) is 0 Å². The van der Waals surface area contributed by atoms with Crippen LogP contribution in [0.5, 0.6) is 0 Å². The van der Waals surface area contributed by atoms with Gasteiger partial charge in [-0.05, 0) is 17.7 Å². The molecule has 4 N–H and O–H groups in total. The van der Waals surface area contributed by atoms with Gasteiger partial charge in [-0.15, -0.1) is 0 Å². The van der Waals surface area contributed by atoms with Crippen molar-refractivity contribution < 1.29 is 29.7 Å². The topological polar surface area (TPSA) is 136 Å². The fourth-order valence-corrected chi connectivity index (χ4v) is 1.43. The zero-order valence-electron chi connectivity index (χ0n) is 9.74. The molecule has 0 aromatic carbocycles. The van der Waals surface area contributed by atoms with E-state index in [-0.39, 0.29) is 12.1 Å². The Balaban J connectivity index is 2.86. The van der Waals surface area contributed by atoms with Crippen LogP contribution in [0.2, 0.25) is 0 Å². The number of aliphatic imine (C=N–C) groups is 1. The molecule has 1 rings (SSSR count). The zero-order valence-corrected chi connectivity index (χ0v) is 9.74. The fraction of sp³-hybridized carbons (Fsp3) is 0.273. The van der Waals surface area contributed by atoms with Crippen molar-refractivity contribution in [3.63, 3.8) is 0 Å². The Morgan fingerprint density at radius 2 is 2.05 bits per heavy atom. The molecule has 0 radical (unpaired) electrons. The Morgan fingerprint density at radius 3 is 2.58 bits per heavy atom. The third-order valence-corrected chi connectivity index (χ3v) is 2.25. The molecule has 0 spiro atoms. The van der Waals surface area contributed by atoms with Crippen LogP contribution in [-0.4, -0.2) is 52.0 Å². The molecule has 19 heavy (non-hydrogen) atoms. The Kier molecular flexibility index (Phi) is 4.81. The summed E-state index contributed by atoms with van der Waals surface area (Å²) in [6, 6.07) is -1.03. The summed E-state index contributed by atoms with van der Waals surface area (Å²) in [6.07, 6.45) is 3.98. The van der Waals surface area contributed by atoms with E-state index >= 15 is 0 Å². The smallest absolute Gasteiger partial charge is 0.351 e. The lowest BCUT2D eigenvalue weighted by atomic mass is 10.00. The van der Waals surface area contributed by atoms with Crippen LogP contribution in [-0.2, 0) is 14.4 Å². The van der Waals surface area contributed by atoms with Crippen LogP contribution in [0.15, 0.2) is 28.4 Å². The molecule has 8 heteroatoms. The molecule has 0 aromatic heterocycles. The number of carboxylic acids is 3. The largest absolute Gasteiger partial charge is 0.480 e. The van der Waals surface area contributed by atoms with Crippen molar-refractivity contribution in [1.82, 2.24) is 5.32 Å². The molecule has 0 saturated heterocycles. The SMILES string of the molecule is O=C(O)CN=CC=C1C=C(C(=O)O)N[C@H](C(=O)O)C1. The first-order valence-electron chi connectivity index (χ1n) is 5.25. The quantitative estimate of drug-likeness (QED) is 0.492. The van der Waals surface area contributed by atoms with Crippen LogP contribution in [0.4, 0.5) is 0 Å². The van der Waals surface area contributed by atoms with Crippen molar-refractivity contribution in [2.45, 2.75) is 12.5 Å². The van der Waals surface area contributed by atoms with Crippen molar-refractivity contribution in [1.29, 1.82) is 0 Å². The average Bonchev–Trinajstić information content (AvgIpc) is 2.34. The van der Waals surface area contributed by atoms with Gasteiger partial charge in [-0.2, -0.15) is 0 Å². The number of carbonyl (C=O) groups is 3. The van der Waals surface area contributed by atoms with Crippen LogP contribution in [0.3, 0.4) is 0 Å². The molecule has 1 atom stereocenters. The lowest BCUT2D eigenvalue weighted by Crippen LogP contribution is -2.41. The van der Waals surface area contributed by atoms with E-state index in [1.165, 1.54) is 18.4 Å². The summed E-state index contributed by atoms with van der Waals surface area (Å²) in [5.74, 6) is -3.52. The first-order chi connectivity index (χ1) is 8.90. The molecule has 1 aliphatic heterocycles. The highest BCUT2D eigenvalue weighted by Crippen LogP contribution is 2.16. The summed E-state index contributed by atoms with van der Waals surface area (Å²) in [5.41, 5.74) is 0.217. The van der Waals surface area contributed by atoms with Crippen molar-refractivity contribution in [2.75, 3.05) is 6.54 Å². The number of aliphatic carboxylic acids is 3. The zero-order chi connectivity index (χ0) is 14.4. The van der Waals surface area contributed by atoms with Gasteiger partial charge in [0.1, 0.15) is 18.3 Å². The van der Waals surface area contributed by atoms with Crippen LogP contribution < -0.4 is 5.32 Å². The highest BCUT2D eigenvalue weighted by atomic mass is 16.4. The molecule has 0 fully saturated rings. The average molecular weight is 268 g/mol. The monoisotopic (exact) mass is 268 g/mol. The maximum atomic E-state index is 10.9. The Bertz CT molecular complexity index is 491. The molecular formula is C11H12N2O6. The second-order valence-electron chi connectivity index (χ2n) is 3.73. The van der Waals surface area contributed by atoms with E-state index in [1.807, 2.05) is 0 Å². The Morgan fingerprint density at radius 1 is 1.37 bits per heavy atom. The highest BCUT2D eigenvalue weighted by Gasteiger charge is 2.26. The van der Waals surface area contributed by atoms with Gasteiger partial charge in [0, 0.05) is 12.6 Å². The van der Waals surface area contributed by atoms with Gasteiger partial charge in [-0.1, -0.05) is 0 Å². The van der Waals surface area contributed by atoms with E-state index < -0.39 is 30.5 Å². The predicted octanol–water partition coefficient (Wildman–Crippen LogP) is -0.517. The van der Waals surface area contributed by atoms with Crippen molar-refractivity contribution in [3.05, 3.63) is 23.4 Å². The van der Waals surface area contributed by atoms with Gasteiger partial charge in [0.25, 0.3) is 0 Å². The third kappa shape index (κ3) is 4.62. The molecule has 0 saturated carbocycles. The van der Waals surface area contributed by atoms with Gasteiger partial charge in [0.15, 0.2) is 0 Å². The van der Waals surface area contributed by atoms with Crippen molar-refractivity contribution in [2.24, 2.45) is 4.99 Å². The molecule has 1 heterocycles. The number of rotatable bonds is 5. The highest BCUT2D eigenvalue weighted by molar-refractivity contribution is 5.89. The van der Waals surface area contributed by atoms with E-state index in [2.05, 4.69) is 10.3 Å². The second-order valence-corrected chi connectivity index (χ2v) is 3.73. The molecule has 0 unspecified atom stereocenters. The molecule has 1 aliphatic rings. The van der Waals surface area contributed by atoms with Gasteiger partial charge >= 0.3 is 17.9 Å². The van der Waals surface area contributed by atoms with E-state index in [0.717, 1.165) is 0 Å². The Hall–Kier alpha value is -2.64. The Labute approximate surface area is 107 Å². The molecule has 0 aliphatic carbocycles. The fourth-order valence-electron chi connectivity index (χ4n) is 1.43. The first-order valence-corrected chi connectivity index (χ1v) is 5.25. The minimum atomic E-state index is -1.26. The maximum Gasteiger partial charge on any atom is 0.351 e. The van der Waals surface area contributed by atoms with E-state index in [9.17, 15) is 14.4 Å². The minimum Gasteiger partial charge on any atom is -0.480 e. The molecule has 0 amide bonds. The molecule has 0 bridgehead atoms. The molecule has 8 nitrogen and oxygen atoms in total. The van der Waals surface area contributed by atoms with Gasteiger partial charge in [-0.3, -0.25) is 9.79 Å². The standard InChI is InChI=1S/C11H12N2O6/c14-9(15)5-12-2-1-6-3-7(10(16)17)13-8(4-6)11(18)19/h1-3,8,13H,4-5H2,(H,14,15)(H,16,17)(H,18,19)/t8-/m0/s1. The van der Waals surface area contributed by atoms with E-state index in [1.54, 1.807) is 0 Å². The molecule has 0 aromatic rings. The summed E-state index contributed by atoms with van der Waals surface area (Å²) in [4.78, 5) is 35.5. The van der Waals surface area contributed by atoms with Crippen LogP contribution in [0.25, 0.3) is 0 Å². The number of nitrogens with zero attached hydrogens (tertiary/aromatic N) is 1. The normalized spacial score (nSPS) is 20.9. The van der Waals surface area contributed by atoms with Crippen molar-refractivity contribution >= 4 is 24.1 Å². The number of hydrogen-bond acceptors (Lipinski definition) is 5. The van der Waals surface area contributed by atoms with Gasteiger partial charge < -0.3 is 20.6 Å². The summed E-state index contributed by atoms with van der Waals surface area (Å²) < 4.78 is 0. The summed E-state index contributed by atoms with van der Waals surface area (Å²) in [5, 5.41) is 28.5. The first kappa shape index (κ1) is 14.4. The summed E-state index contributed by atoms with van der Waals surface area (Å²) in [6.45, 7) is -0.403. The van der Waals surface area contributed by atoms with Crippen molar-refractivity contribution in [3.8, 4) is 0 Å². The number of carboxylic acid groups (broad SMARTS) is 3. The van der Waals surface area contributed by atoms with E-state index in [0.29, 0.717) is 5.57 Å². The predicted molar refractivity (Wildman–Crippen MR) is 64.0 cm³/mol. The number of allylic oxidation sites excluding steroid dienone is 2.